The van der Waals surface area contributed by atoms with Gasteiger partial charge in [-0.3, -0.25) is 9.59 Å². The summed E-state index contributed by atoms with van der Waals surface area (Å²) in [6, 6.07) is 3.97. The maximum atomic E-state index is 12.9. The Morgan fingerprint density at radius 3 is 2.97 bits per heavy atom. The highest BCUT2D eigenvalue weighted by atomic mass is 32.1. The summed E-state index contributed by atoms with van der Waals surface area (Å²) in [6.07, 6.45) is 4.01. The smallest absolute Gasteiger partial charge is 0.262 e. The second-order valence-corrected chi connectivity index (χ2v) is 9.41. The quantitative estimate of drug-likeness (QED) is 0.514. The van der Waals surface area contributed by atoms with Crippen LogP contribution in [0, 0.1) is 6.92 Å². The normalized spacial score (nSPS) is 15.0. The Balaban J connectivity index is 1.44. The molecule has 1 atom stereocenters. The van der Waals surface area contributed by atoms with Crippen molar-refractivity contribution in [2.45, 2.75) is 39.2 Å². The summed E-state index contributed by atoms with van der Waals surface area (Å²) in [5.74, 6) is 0.905. The Morgan fingerprint density at radius 2 is 2.23 bits per heavy atom. The van der Waals surface area contributed by atoms with Crippen molar-refractivity contribution in [2.75, 3.05) is 25.0 Å². The predicted octanol–water partition coefficient (Wildman–Crippen LogP) is 3.98. The van der Waals surface area contributed by atoms with E-state index in [1.54, 1.807) is 11.3 Å². The highest BCUT2D eigenvalue weighted by Gasteiger charge is 2.22. The van der Waals surface area contributed by atoms with Gasteiger partial charge in [-0.15, -0.1) is 22.7 Å². The van der Waals surface area contributed by atoms with Crippen molar-refractivity contribution in [3.05, 3.63) is 39.2 Å². The van der Waals surface area contributed by atoms with Gasteiger partial charge < -0.3 is 15.5 Å². The fourth-order valence-corrected chi connectivity index (χ4v) is 5.50. The van der Waals surface area contributed by atoms with Crippen molar-refractivity contribution < 1.29 is 9.59 Å². The molecule has 0 aliphatic carbocycles. The summed E-state index contributed by atoms with van der Waals surface area (Å²) in [5, 5.41) is 9.36. The summed E-state index contributed by atoms with van der Waals surface area (Å²) in [4.78, 5) is 37.9. The Bertz CT molecular complexity index is 1050. The van der Waals surface area contributed by atoms with Gasteiger partial charge in [0.25, 0.3) is 5.91 Å². The Labute approximate surface area is 183 Å². The van der Waals surface area contributed by atoms with Crippen molar-refractivity contribution in [1.29, 1.82) is 0 Å². The molecule has 4 rings (SSSR count). The molecule has 1 aliphatic heterocycles. The van der Waals surface area contributed by atoms with E-state index in [0.29, 0.717) is 17.8 Å². The molecule has 3 aromatic rings. The minimum atomic E-state index is -0.0881. The van der Waals surface area contributed by atoms with Crippen molar-refractivity contribution in [3.63, 3.8) is 0 Å². The first kappa shape index (κ1) is 20.7. The van der Waals surface area contributed by atoms with E-state index >= 15 is 0 Å². The van der Waals surface area contributed by atoms with Crippen LogP contribution in [0.1, 0.15) is 52.3 Å². The molecule has 0 unspecified atom stereocenters. The molecule has 1 aliphatic rings. The lowest BCUT2D eigenvalue weighted by Gasteiger charge is -2.15. The fourth-order valence-electron chi connectivity index (χ4n) is 3.71. The number of nitrogens with one attached hydrogen (secondary N) is 2. The van der Waals surface area contributed by atoms with Gasteiger partial charge in [0.2, 0.25) is 5.91 Å². The largest absolute Gasteiger partial charge is 0.369 e. The summed E-state index contributed by atoms with van der Waals surface area (Å²) < 4.78 is 0. The summed E-state index contributed by atoms with van der Waals surface area (Å²) >= 11 is 3.02. The molecule has 1 saturated heterocycles. The van der Waals surface area contributed by atoms with Gasteiger partial charge in [-0.25, -0.2) is 9.97 Å². The molecule has 0 aromatic carbocycles. The number of hydrogen-bond donors (Lipinski definition) is 2. The molecule has 0 radical (unpaired) electrons. The first-order valence-corrected chi connectivity index (χ1v) is 11.8. The lowest BCUT2D eigenvalue weighted by atomic mass is 10.2. The van der Waals surface area contributed by atoms with Gasteiger partial charge in [0, 0.05) is 30.9 Å². The standard InChI is InChI=1S/C21H25N5O2S2/c1-13-17-19(22-8-5-10-26-9-3-7-16(26)27)23-12-24-21(17)30-18(13)20(28)25-14(2)15-6-4-11-29-15/h4,6,11-12,14H,3,5,7-10H2,1-2H3,(H,25,28)(H,22,23,24)/t14-/m0/s1. The highest BCUT2D eigenvalue weighted by molar-refractivity contribution is 7.20. The van der Waals surface area contributed by atoms with Gasteiger partial charge in [0.05, 0.1) is 16.3 Å². The molecule has 4 heterocycles. The summed E-state index contributed by atoms with van der Waals surface area (Å²) in [7, 11) is 0. The number of aromatic nitrogens is 2. The van der Waals surface area contributed by atoms with Crippen molar-refractivity contribution in [3.8, 4) is 0 Å². The molecule has 0 spiro atoms. The second kappa shape index (κ2) is 9.09. The van der Waals surface area contributed by atoms with Crippen LogP contribution in [0.5, 0.6) is 0 Å². The van der Waals surface area contributed by atoms with Crippen LogP contribution < -0.4 is 10.6 Å². The van der Waals surface area contributed by atoms with E-state index in [1.807, 2.05) is 36.3 Å². The number of aryl methyl sites for hydroxylation is 1. The number of thiophene rings is 2. The summed E-state index contributed by atoms with van der Waals surface area (Å²) in [5.41, 5.74) is 0.892. The van der Waals surface area contributed by atoms with E-state index in [9.17, 15) is 9.59 Å². The van der Waals surface area contributed by atoms with Crippen LogP contribution in [0.3, 0.4) is 0 Å². The maximum absolute atomic E-state index is 12.9. The van der Waals surface area contributed by atoms with Crippen LogP contribution in [0.15, 0.2) is 23.8 Å². The third kappa shape index (κ3) is 4.32. The van der Waals surface area contributed by atoms with Crippen LogP contribution in [0.2, 0.25) is 0 Å². The number of carbonyl (C=O) groups excluding carboxylic acids is 2. The summed E-state index contributed by atoms with van der Waals surface area (Å²) in [6.45, 7) is 6.27. The van der Waals surface area contributed by atoms with E-state index in [2.05, 4.69) is 20.6 Å². The zero-order valence-corrected chi connectivity index (χ0v) is 18.7. The molecule has 0 bridgehead atoms. The van der Waals surface area contributed by atoms with Crippen LogP contribution in [0.25, 0.3) is 10.2 Å². The van der Waals surface area contributed by atoms with E-state index in [-0.39, 0.29) is 17.9 Å². The molecule has 2 amide bonds. The van der Waals surface area contributed by atoms with E-state index in [0.717, 1.165) is 52.4 Å². The average Bonchev–Trinajstić information content (AvgIpc) is 3.47. The average molecular weight is 444 g/mol. The molecular weight excluding hydrogens is 418 g/mol. The van der Waals surface area contributed by atoms with Gasteiger partial charge in [-0.1, -0.05) is 6.07 Å². The molecule has 0 saturated carbocycles. The zero-order valence-electron chi connectivity index (χ0n) is 17.1. The van der Waals surface area contributed by atoms with Crippen molar-refractivity contribution in [1.82, 2.24) is 20.2 Å². The molecule has 9 heteroatoms. The molecule has 1 fully saturated rings. The van der Waals surface area contributed by atoms with Crippen LogP contribution >= 0.6 is 22.7 Å². The number of rotatable bonds is 8. The molecule has 158 valence electrons. The Kier molecular flexibility index (Phi) is 6.29. The zero-order chi connectivity index (χ0) is 21.1. The van der Waals surface area contributed by atoms with Crippen LogP contribution in [0.4, 0.5) is 5.82 Å². The Hall–Kier alpha value is -2.52. The SMILES string of the molecule is Cc1c(C(=O)N[C@@H](C)c2cccs2)sc2ncnc(NCCCN3CCCC3=O)c12. The van der Waals surface area contributed by atoms with Gasteiger partial charge in [-0.05, 0) is 43.7 Å². The van der Waals surface area contributed by atoms with Crippen molar-refractivity contribution in [2.24, 2.45) is 0 Å². The third-order valence-electron chi connectivity index (χ3n) is 5.32. The number of carbonyl (C=O) groups is 2. The predicted molar refractivity (Wildman–Crippen MR) is 121 cm³/mol. The molecule has 7 nitrogen and oxygen atoms in total. The van der Waals surface area contributed by atoms with Crippen LogP contribution in [-0.2, 0) is 4.79 Å². The number of fused-ring (bicyclic) bond motifs is 1. The van der Waals surface area contributed by atoms with Crippen LogP contribution in [-0.4, -0.2) is 46.3 Å². The number of nitrogens with zero attached hydrogens (tertiary/aromatic N) is 3. The monoisotopic (exact) mass is 443 g/mol. The lowest BCUT2D eigenvalue weighted by Crippen LogP contribution is -2.27. The van der Waals surface area contributed by atoms with Gasteiger partial charge >= 0.3 is 0 Å². The number of likely N-dealkylation sites (tertiary alicyclic amines) is 1. The maximum Gasteiger partial charge on any atom is 0.262 e. The number of hydrogen-bond acceptors (Lipinski definition) is 7. The minimum Gasteiger partial charge on any atom is -0.369 e. The molecular formula is C21H25N5O2S2. The topological polar surface area (TPSA) is 87.2 Å². The molecule has 3 aromatic heterocycles. The lowest BCUT2D eigenvalue weighted by molar-refractivity contribution is -0.127. The molecule has 2 N–H and O–H groups in total. The first-order valence-electron chi connectivity index (χ1n) is 10.1. The first-order chi connectivity index (χ1) is 14.5. The minimum absolute atomic E-state index is 0.0425. The number of anilines is 1. The highest BCUT2D eigenvalue weighted by Crippen LogP contribution is 2.33. The second-order valence-electron chi connectivity index (χ2n) is 7.43. The van der Waals surface area contributed by atoms with Crippen molar-refractivity contribution >= 4 is 50.5 Å². The third-order valence-corrected chi connectivity index (χ3v) is 7.57. The van der Waals surface area contributed by atoms with Gasteiger partial charge in [0.1, 0.15) is 17.0 Å². The van der Waals surface area contributed by atoms with Gasteiger partial charge in [0.15, 0.2) is 0 Å². The molecule has 30 heavy (non-hydrogen) atoms. The van der Waals surface area contributed by atoms with E-state index in [1.165, 1.54) is 17.7 Å². The number of amides is 2. The fraction of sp³-hybridized carbons (Fsp3) is 0.429. The van der Waals surface area contributed by atoms with E-state index in [4.69, 9.17) is 0 Å². The van der Waals surface area contributed by atoms with E-state index < -0.39 is 0 Å². The van der Waals surface area contributed by atoms with Gasteiger partial charge in [-0.2, -0.15) is 0 Å². The Morgan fingerprint density at radius 1 is 1.37 bits per heavy atom.